The Morgan fingerprint density at radius 1 is 1.16 bits per heavy atom. The molecule has 5 nitrogen and oxygen atoms in total. The molecule has 0 aliphatic heterocycles. The molecular weight excluding hydrogens is 336 g/mol. The average Bonchev–Trinajstić information content (AvgIpc) is 2.99. The minimum Gasteiger partial charge on any atom is -0.497 e. The van der Waals surface area contributed by atoms with Gasteiger partial charge in [-0.2, -0.15) is 4.99 Å². The Morgan fingerprint density at radius 2 is 1.92 bits per heavy atom. The molecule has 0 fully saturated rings. The largest absolute Gasteiger partial charge is 0.497 e. The maximum absolute atomic E-state index is 12.5. The summed E-state index contributed by atoms with van der Waals surface area (Å²) in [7, 11) is 1.60. The lowest BCUT2D eigenvalue weighted by Gasteiger charge is -2.05. The van der Waals surface area contributed by atoms with Crippen LogP contribution >= 0.6 is 11.3 Å². The maximum atomic E-state index is 12.5. The van der Waals surface area contributed by atoms with Crippen LogP contribution in [0.3, 0.4) is 0 Å². The fourth-order valence-corrected chi connectivity index (χ4v) is 3.56. The predicted molar refractivity (Wildman–Crippen MR) is 99.2 cm³/mol. The van der Waals surface area contributed by atoms with Gasteiger partial charge < -0.3 is 14.0 Å². The predicted octanol–water partition coefficient (Wildman–Crippen LogP) is 3.49. The highest BCUT2D eigenvalue weighted by Crippen LogP contribution is 2.17. The highest BCUT2D eigenvalue weighted by Gasteiger charge is 2.09. The van der Waals surface area contributed by atoms with Crippen molar-refractivity contribution < 1.29 is 14.3 Å². The van der Waals surface area contributed by atoms with Crippen molar-refractivity contribution in [3.63, 3.8) is 0 Å². The van der Waals surface area contributed by atoms with Crippen LogP contribution in [0.4, 0.5) is 0 Å². The summed E-state index contributed by atoms with van der Waals surface area (Å²) in [6.07, 6.45) is 0. The summed E-state index contributed by atoms with van der Waals surface area (Å²) in [5.74, 6) is 0.449. The molecule has 1 amide bonds. The fraction of sp³-hybridized carbons (Fsp3) is 0.263. The zero-order valence-corrected chi connectivity index (χ0v) is 15.1. The van der Waals surface area contributed by atoms with Crippen molar-refractivity contribution in [3.05, 3.63) is 58.9 Å². The lowest BCUT2D eigenvalue weighted by atomic mass is 10.2. The lowest BCUT2D eigenvalue weighted by molar-refractivity contribution is 0.0996. The van der Waals surface area contributed by atoms with E-state index in [0.717, 1.165) is 10.2 Å². The number of nitrogens with zero attached hydrogens (tertiary/aromatic N) is 2. The van der Waals surface area contributed by atoms with E-state index in [1.807, 2.05) is 35.8 Å². The van der Waals surface area contributed by atoms with Crippen LogP contribution in [0.5, 0.6) is 5.75 Å². The van der Waals surface area contributed by atoms with Crippen LogP contribution in [0.15, 0.2) is 53.5 Å². The van der Waals surface area contributed by atoms with Gasteiger partial charge in [-0.25, -0.2) is 0 Å². The van der Waals surface area contributed by atoms with Crippen molar-refractivity contribution in [3.8, 4) is 5.75 Å². The van der Waals surface area contributed by atoms with E-state index in [1.165, 1.54) is 11.3 Å². The van der Waals surface area contributed by atoms with Crippen molar-refractivity contribution in [2.45, 2.75) is 13.5 Å². The highest BCUT2D eigenvalue weighted by atomic mass is 32.1. The Morgan fingerprint density at radius 3 is 2.64 bits per heavy atom. The molecule has 0 unspecified atom stereocenters. The number of aromatic nitrogens is 1. The highest BCUT2D eigenvalue weighted by molar-refractivity contribution is 7.16. The molecule has 0 radical (unpaired) electrons. The van der Waals surface area contributed by atoms with E-state index in [2.05, 4.69) is 4.99 Å². The van der Waals surface area contributed by atoms with Crippen LogP contribution in [0.25, 0.3) is 10.2 Å². The molecule has 3 rings (SSSR count). The molecule has 2 aromatic carbocycles. The van der Waals surface area contributed by atoms with E-state index < -0.39 is 0 Å². The second kappa shape index (κ2) is 8.09. The molecule has 3 aromatic rings. The Balaban J connectivity index is 1.98. The van der Waals surface area contributed by atoms with Crippen molar-refractivity contribution >= 4 is 27.5 Å². The SMILES string of the molecule is CCOCCn1c(=NC(=O)c2ccc(OC)cc2)sc2ccccc21. The normalized spacial score (nSPS) is 11.8. The number of thiazole rings is 1. The number of methoxy groups -OCH3 is 1. The number of ether oxygens (including phenoxy) is 2. The fourth-order valence-electron chi connectivity index (χ4n) is 2.51. The number of hydrogen-bond donors (Lipinski definition) is 0. The third-order valence-corrected chi connectivity index (χ3v) is 4.85. The van der Waals surface area contributed by atoms with E-state index in [1.54, 1.807) is 31.4 Å². The summed E-state index contributed by atoms with van der Waals surface area (Å²) < 4.78 is 13.7. The van der Waals surface area contributed by atoms with Crippen LogP contribution in [-0.2, 0) is 11.3 Å². The van der Waals surface area contributed by atoms with Gasteiger partial charge >= 0.3 is 0 Å². The van der Waals surface area contributed by atoms with E-state index in [-0.39, 0.29) is 5.91 Å². The number of carbonyl (C=O) groups is 1. The first-order valence-corrected chi connectivity index (χ1v) is 8.94. The van der Waals surface area contributed by atoms with Gasteiger partial charge in [-0.3, -0.25) is 4.79 Å². The summed E-state index contributed by atoms with van der Waals surface area (Å²) >= 11 is 1.51. The molecule has 1 aromatic heterocycles. The molecule has 0 spiro atoms. The maximum Gasteiger partial charge on any atom is 0.279 e. The van der Waals surface area contributed by atoms with Gasteiger partial charge in [0, 0.05) is 18.7 Å². The molecule has 0 bridgehead atoms. The zero-order valence-electron chi connectivity index (χ0n) is 14.3. The molecule has 1 heterocycles. The van der Waals surface area contributed by atoms with Gasteiger partial charge in [0.05, 0.1) is 23.9 Å². The van der Waals surface area contributed by atoms with Crippen molar-refractivity contribution in [1.29, 1.82) is 0 Å². The Kier molecular flexibility index (Phi) is 5.63. The summed E-state index contributed by atoms with van der Waals surface area (Å²) in [5, 5.41) is 0. The summed E-state index contributed by atoms with van der Waals surface area (Å²) in [6.45, 7) is 3.88. The third-order valence-electron chi connectivity index (χ3n) is 3.79. The molecule has 0 saturated heterocycles. The minimum atomic E-state index is -0.264. The van der Waals surface area contributed by atoms with E-state index in [4.69, 9.17) is 9.47 Å². The number of hydrogen-bond acceptors (Lipinski definition) is 4. The number of para-hydroxylation sites is 1. The van der Waals surface area contributed by atoms with Crippen LogP contribution in [0, 0.1) is 0 Å². The molecule has 0 saturated carbocycles. The summed E-state index contributed by atoms with van der Waals surface area (Å²) in [6, 6.07) is 15.0. The first kappa shape index (κ1) is 17.4. The van der Waals surface area contributed by atoms with Gasteiger partial charge in [0.2, 0.25) is 0 Å². The molecule has 25 heavy (non-hydrogen) atoms. The Bertz CT molecular complexity index is 926. The molecule has 130 valence electrons. The second-order valence-electron chi connectivity index (χ2n) is 5.35. The van der Waals surface area contributed by atoms with Crippen LogP contribution in [0.1, 0.15) is 17.3 Å². The molecule has 0 aliphatic carbocycles. The molecule has 0 aliphatic rings. The van der Waals surface area contributed by atoms with E-state index >= 15 is 0 Å². The number of amides is 1. The monoisotopic (exact) mass is 356 g/mol. The average molecular weight is 356 g/mol. The quantitative estimate of drug-likeness (QED) is 0.635. The molecule has 0 N–H and O–H groups in total. The Hall–Kier alpha value is -2.44. The minimum absolute atomic E-state index is 0.264. The second-order valence-corrected chi connectivity index (χ2v) is 6.36. The van der Waals surface area contributed by atoms with Crippen LogP contribution in [0.2, 0.25) is 0 Å². The molecule has 0 atom stereocenters. The molecular formula is C19H20N2O3S. The van der Waals surface area contributed by atoms with Crippen molar-refractivity contribution in [2.24, 2.45) is 4.99 Å². The smallest absolute Gasteiger partial charge is 0.279 e. The van der Waals surface area contributed by atoms with Gasteiger partial charge in [0.15, 0.2) is 4.80 Å². The number of carbonyl (C=O) groups excluding carboxylic acids is 1. The van der Waals surface area contributed by atoms with Crippen molar-refractivity contribution in [2.75, 3.05) is 20.3 Å². The zero-order chi connectivity index (χ0) is 17.6. The van der Waals surface area contributed by atoms with E-state index in [9.17, 15) is 4.79 Å². The summed E-state index contributed by atoms with van der Waals surface area (Å²) in [4.78, 5) is 17.6. The Labute approximate surface area is 150 Å². The number of benzene rings is 2. The van der Waals surface area contributed by atoms with E-state index in [0.29, 0.717) is 35.9 Å². The van der Waals surface area contributed by atoms with Gasteiger partial charge in [0.25, 0.3) is 5.91 Å². The summed E-state index contributed by atoms with van der Waals surface area (Å²) in [5.41, 5.74) is 1.60. The van der Waals surface area contributed by atoms with Gasteiger partial charge in [0.1, 0.15) is 5.75 Å². The number of fused-ring (bicyclic) bond motifs is 1. The first-order chi connectivity index (χ1) is 12.2. The standard InChI is InChI=1S/C19H20N2O3S/c1-3-24-13-12-21-16-6-4-5-7-17(16)25-19(21)20-18(22)14-8-10-15(23-2)11-9-14/h4-11H,3,12-13H2,1-2H3. The van der Waals surface area contributed by atoms with Gasteiger partial charge in [-0.05, 0) is 43.3 Å². The van der Waals surface area contributed by atoms with Crippen molar-refractivity contribution in [1.82, 2.24) is 4.57 Å². The van der Waals surface area contributed by atoms with Gasteiger partial charge in [-0.15, -0.1) is 0 Å². The van der Waals surface area contributed by atoms with Crippen LogP contribution in [-0.4, -0.2) is 30.8 Å². The topological polar surface area (TPSA) is 52.8 Å². The lowest BCUT2D eigenvalue weighted by Crippen LogP contribution is -2.19. The number of rotatable bonds is 6. The first-order valence-electron chi connectivity index (χ1n) is 8.12. The van der Waals surface area contributed by atoms with Gasteiger partial charge in [-0.1, -0.05) is 23.5 Å². The third kappa shape index (κ3) is 3.97. The molecule has 6 heteroatoms. The van der Waals surface area contributed by atoms with Crippen LogP contribution < -0.4 is 9.54 Å².